The van der Waals surface area contributed by atoms with Crippen LogP contribution in [0.25, 0.3) is 74.1 Å². The van der Waals surface area contributed by atoms with Gasteiger partial charge < -0.3 is 11.5 Å². The van der Waals surface area contributed by atoms with E-state index in [0.717, 1.165) is 64.0 Å². The van der Waals surface area contributed by atoms with E-state index in [2.05, 4.69) is 47.8 Å². The van der Waals surface area contributed by atoms with E-state index in [9.17, 15) is 4.79 Å². The van der Waals surface area contributed by atoms with E-state index in [1.165, 1.54) is 0 Å². The Morgan fingerprint density at radius 1 is 0.370 bits per heavy atom. The van der Waals surface area contributed by atoms with Crippen LogP contribution in [0.5, 0.6) is 0 Å². The minimum atomic E-state index is -0.0156. The van der Waals surface area contributed by atoms with Gasteiger partial charge >= 0.3 is 0 Å². The van der Waals surface area contributed by atoms with Gasteiger partial charge in [0.15, 0.2) is 17.4 Å². The van der Waals surface area contributed by atoms with Gasteiger partial charge in [0.2, 0.25) is 0 Å². The molecule has 10 rings (SSSR count). The van der Waals surface area contributed by atoms with Crippen molar-refractivity contribution in [3.05, 3.63) is 260 Å². The van der Waals surface area contributed by atoms with Crippen molar-refractivity contribution in [2.24, 2.45) is 11.5 Å². The van der Waals surface area contributed by atoms with Crippen molar-refractivity contribution in [3.63, 3.8) is 0 Å². The van der Waals surface area contributed by atoms with Gasteiger partial charge in [-0.3, -0.25) is 15.6 Å². The summed E-state index contributed by atoms with van der Waals surface area (Å²) < 4.78 is 3.05. The molecule has 0 amide bonds. The van der Waals surface area contributed by atoms with Crippen molar-refractivity contribution in [1.29, 1.82) is 10.8 Å². The van der Waals surface area contributed by atoms with Crippen molar-refractivity contribution in [1.82, 2.24) is 24.9 Å². The molecule has 3 heterocycles. The fourth-order valence-corrected chi connectivity index (χ4v) is 7.95. The van der Waals surface area contributed by atoms with Crippen LogP contribution in [0.1, 0.15) is 27.0 Å². The molecule has 0 aliphatic carbocycles. The molecule has 0 aliphatic rings. The fourth-order valence-electron chi connectivity index (χ4n) is 7.16. The van der Waals surface area contributed by atoms with Crippen molar-refractivity contribution >= 4 is 71.3 Å². The summed E-state index contributed by atoms with van der Waals surface area (Å²) in [6, 6.07) is 70.1. The lowest BCUT2D eigenvalue weighted by Crippen LogP contribution is -2.15. The standard InChI is InChI=1S/C37H23Br2N5.C15H11BrO.C8H10N4/c38-28-18-14-26(15-19-28)34-22-32(24-8-3-1-4-9-24)41-36(43-34)30-12-7-13-31(40-30)37-42-33(25-10-5-2-6-11-25)23-35(44-37)27-16-20-29(39)21-17-27;16-14-9-6-12(7-10-14)8-11-15(17)13-4-2-1-3-5-13;9-7(10)5-2-1-3-6(4-5)8(11)12/h1-23H;1-11H;1-4H,(H3,9,10)(H3,11,12)/b;11-8+;. The van der Waals surface area contributed by atoms with E-state index in [4.69, 9.17) is 47.2 Å². The average Bonchev–Trinajstić information content (AvgIpc) is 3.44. The van der Waals surface area contributed by atoms with Crippen LogP contribution in [0.15, 0.2) is 238 Å². The second kappa shape index (κ2) is 24.7. The predicted molar refractivity (Wildman–Crippen MR) is 306 cm³/mol. The lowest BCUT2D eigenvalue weighted by molar-refractivity contribution is 0.104. The number of nitrogen functional groups attached to an aromatic ring is 2. The number of hydrogen-bond donors (Lipinski definition) is 4. The quantitative estimate of drug-likeness (QED) is 0.0427. The lowest BCUT2D eigenvalue weighted by atomic mass is 10.1. The number of pyridine rings is 1. The fraction of sp³-hybridized carbons (Fsp3) is 0. The van der Waals surface area contributed by atoms with Gasteiger partial charge in [-0.2, -0.15) is 0 Å². The Kier molecular flexibility index (Phi) is 17.2. The maximum Gasteiger partial charge on any atom is 0.185 e. The van der Waals surface area contributed by atoms with E-state index in [1.54, 1.807) is 30.3 Å². The molecule has 6 N–H and O–H groups in total. The molecular formula is C60H44Br3N9O. The van der Waals surface area contributed by atoms with E-state index in [0.29, 0.717) is 39.7 Å². The zero-order valence-corrected chi connectivity index (χ0v) is 43.6. The van der Waals surface area contributed by atoms with Crippen molar-refractivity contribution < 1.29 is 4.79 Å². The van der Waals surface area contributed by atoms with Gasteiger partial charge in [0.1, 0.15) is 23.1 Å². The molecule has 10 nitrogen and oxygen atoms in total. The Bertz CT molecular complexity index is 3370. The number of rotatable bonds is 11. The summed E-state index contributed by atoms with van der Waals surface area (Å²) in [5.41, 5.74) is 21.9. The molecule has 10 aromatic rings. The number of carbonyl (C=O) groups is 1. The third kappa shape index (κ3) is 14.2. The number of ketones is 1. The molecule has 13 heteroatoms. The minimum absolute atomic E-state index is 0.0156. The summed E-state index contributed by atoms with van der Waals surface area (Å²) in [5, 5.41) is 14.3. The minimum Gasteiger partial charge on any atom is -0.384 e. The number of halogens is 3. The highest BCUT2D eigenvalue weighted by atomic mass is 79.9. The highest BCUT2D eigenvalue weighted by Gasteiger charge is 2.16. The molecule has 73 heavy (non-hydrogen) atoms. The molecule has 0 fully saturated rings. The molecule has 356 valence electrons. The molecule has 0 spiro atoms. The number of nitrogens with zero attached hydrogens (tertiary/aromatic N) is 5. The Hall–Kier alpha value is -8.36. The molecule has 0 bridgehead atoms. The first kappa shape index (κ1) is 51.0. The molecule has 0 radical (unpaired) electrons. The van der Waals surface area contributed by atoms with Gasteiger partial charge in [-0.15, -0.1) is 0 Å². The van der Waals surface area contributed by atoms with Crippen LogP contribution in [0, 0.1) is 10.8 Å². The van der Waals surface area contributed by atoms with E-state index < -0.39 is 0 Å². The first-order chi connectivity index (χ1) is 35.4. The Morgan fingerprint density at radius 2 is 0.712 bits per heavy atom. The van der Waals surface area contributed by atoms with E-state index >= 15 is 0 Å². The van der Waals surface area contributed by atoms with Gasteiger partial charge in [0.05, 0.1) is 22.8 Å². The molecule has 3 aromatic heterocycles. The number of aromatic nitrogens is 5. The second-order valence-electron chi connectivity index (χ2n) is 16.1. The molecule has 0 saturated heterocycles. The number of nitrogens with two attached hydrogens (primary N) is 2. The summed E-state index contributed by atoms with van der Waals surface area (Å²) in [4.78, 5) is 36.7. The normalized spacial score (nSPS) is 10.6. The maximum absolute atomic E-state index is 11.8. The maximum atomic E-state index is 11.8. The van der Waals surface area contributed by atoms with E-state index in [1.807, 2.05) is 200 Å². The Labute approximate surface area is 448 Å². The van der Waals surface area contributed by atoms with Gasteiger partial charge in [-0.1, -0.05) is 206 Å². The van der Waals surface area contributed by atoms with Crippen LogP contribution in [0.2, 0.25) is 0 Å². The van der Waals surface area contributed by atoms with Crippen LogP contribution in [0.3, 0.4) is 0 Å². The van der Waals surface area contributed by atoms with Gasteiger partial charge in [-0.25, -0.2) is 24.9 Å². The summed E-state index contributed by atoms with van der Waals surface area (Å²) in [5.74, 6) is 1.04. The zero-order valence-electron chi connectivity index (χ0n) is 38.9. The van der Waals surface area contributed by atoms with Crippen LogP contribution < -0.4 is 11.5 Å². The monoisotopic (exact) mass is 1140 g/mol. The first-order valence-electron chi connectivity index (χ1n) is 22.7. The smallest absolute Gasteiger partial charge is 0.185 e. The Balaban J connectivity index is 0.000000199. The number of benzene rings is 7. The van der Waals surface area contributed by atoms with Crippen LogP contribution in [0.4, 0.5) is 0 Å². The summed E-state index contributed by atoms with van der Waals surface area (Å²) in [6.07, 6.45) is 3.42. The average molecular weight is 1150 g/mol. The molecule has 7 aromatic carbocycles. The number of nitrogens with one attached hydrogen (secondary N) is 2. The predicted octanol–water partition coefficient (Wildman–Crippen LogP) is 14.8. The molecule has 0 saturated carbocycles. The van der Waals surface area contributed by atoms with Crippen molar-refractivity contribution in [2.45, 2.75) is 0 Å². The largest absolute Gasteiger partial charge is 0.384 e. The summed E-state index contributed by atoms with van der Waals surface area (Å²) in [6.45, 7) is 0. The zero-order chi connectivity index (χ0) is 51.1. The van der Waals surface area contributed by atoms with E-state index in [-0.39, 0.29) is 17.5 Å². The van der Waals surface area contributed by atoms with Crippen LogP contribution >= 0.6 is 47.8 Å². The third-order valence-corrected chi connectivity index (χ3v) is 12.5. The van der Waals surface area contributed by atoms with Crippen molar-refractivity contribution in [3.8, 4) is 68.1 Å². The van der Waals surface area contributed by atoms with Crippen LogP contribution in [-0.4, -0.2) is 42.4 Å². The van der Waals surface area contributed by atoms with Gasteiger partial charge in [0, 0.05) is 52.4 Å². The molecule has 0 unspecified atom stereocenters. The Morgan fingerprint density at radius 3 is 1.11 bits per heavy atom. The molecule has 0 aliphatic heterocycles. The molecule has 0 atom stereocenters. The van der Waals surface area contributed by atoms with Crippen LogP contribution in [-0.2, 0) is 0 Å². The number of amidine groups is 2. The highest BCUT2D eigenvalue weighted by molar-refractivity contribution is 9.11. The topological polar surface area (TPSA) is 181 Å². The lowest BCUT2D eigenvalue weighted by Gasteiger charge is -2.11. The third-order valence-electron chi connectivity index (χ3n) is 10.9. The SMILES string of the molecule is Brc1ccc(-c2cc(-c3ccccc3)nc(-c3cccc(-c4nc(-c5ccccc5)cc(-c5ccc(Br)cc5)n4)n3)n2)cc1.N=C(N)c1cccc(C(=N)N)c1.O=C(/C=C/c1ccc(Br)cc1)c1ccccc1. The highest BCUT2D eigenvalue weighted by Crippen LogP contribution is 2.31. The van der Waals surface area contributed by atoms with Gasteiger partial charge in [-0.05, 0) is 78.4 Å². The second-order valence-corrected chi connectivity index (χ2v) is 18.8. The van der Waals surface area contributed by atoms with Crippen molar-refractivity contribution in [2.75, 3.05) is 0 Å². The molecular weight excluding hydrogens is 1100 g/mol. The van der Waals surface area contributed by atoms with Gasteiger partial charge in [0.25, 0.3) is 0 Å². The first-order valence-corrected chi connectivity index (χ1v) is 25.0. The number of carbonyl (C=O) groups excluding carboxylic acids is 1. The number of allylic oxidation sites excluding steroid dienone is 1. The number of hydrogen-bond acceptors (Lipinski definition) is 8. The summed E-state index contributed by atoms with van der Waals surface area (Å²) in [7, 11) is 0. The summed E-state index contributed by atoms with van der Waals surface area (Å²) >= 11 is 10.4.